The lowest BCUT2D eigenvalue weighted by Gasteiger charge is -2.05. The third kappa shape index (κ3) is 2.15. The standard InChI is InChI=1S/C10H12N2O2/c1-12-3-2-7-4-8(6-11)10(14)5-9(7)13/h4-5,12-14H,2-3H2,1H3. The quantitative estimate of drug-likeness (QED) is 0.660. The van der Waals surface area contributed by atoms with Gasteiger partial charge in [0.2, 0.25) is 0 Å². The molecule has 1 aromatic carbocycles. The average Bonchev–Trinajstić information content (AvgIpc) is 2.17. The van der Waals surface area contributed by atoms with E-state index in [2.05, 4.69) is 5.32 Å². The fourth-order valence-corrected chi connectivity index (χ4v) is 1.17. The van der Waals surface area contributed by atoms with Gasteiger partial charge in [0.25, 0.3) is 0 Å². The molecular weight excluding hydrogens is 180 g/mol. The number of aromatic hydroxyl groups is 2. The number of phenols is 2. The van der Waals surface area contributed by atoms with Gasteiger partial charge in [0.1, 0.15) is 17.6 Å². The summed E-state index contributed by atoms with van der Waals surface area (Å²) < 4.78 is 0. The summed E-state index contributed by atoms with van der Waals surface area (Å²) in [6.07, 6.45) is 0.622. The lowest BCUT2D eigenvalue weighted by Crippen LogP contribution is -2.10. The molecular formula is C10H12N2O2. The highest BCUT2D eigenvalue weighted by atomic mass is 16.3. The number of hydrogen-bond acceptors (Lipinski definition) is 4. The van der Waals surface area contributed by atoms with E-state index in [0.29, 0.717) is 18.5 Å². The van der Waals surface area contributed by atoms with Crippen molar-refractivity contribution in [2.24, 2.45) is 0 Å². The van der Waals surface area contributed by atoms with E-state index in [9.17, 15) is 10.2 Å². The van der Waals surface area contributed by atoms with Gasteiger partial charge in [0.05, 0.1) is 5.56 Å². The van der Waals surface area contributed by atoms with E-state index in [1.54, 1.807) is 0 Å². The fraction of sp³-hybridized carbons (Fsp3) is 0.300. The molecule has 74 valence electrons. The maximum atomic E-state index is 9.44. The molecule has 0 radical (unpaired) electrons. The minimum absolute atomic E-state index is 0.0248. The van der Waals surface area contributed by atoms with Gasteiger partial charge in [-0.25, -0.2) is 0 Å². The monoisotopic (exact) mass is 192 g/mol. The SMILES string of the molecule is CNCCc1cc(C#N)c(O)cc1O. The molecule has 0 aromatic heterocycles. The topological polar surface area (TPSA) is 76.3 Å². The number of phenolic OH excluding ortho intramolecular Hbond substituents is 2. The van der Waals surface area contributed by atoms with Crippen LogP contribution >= 0.6 is 0 Å². The van der Waals surface area contributed by atoms with Crippen LogP contribution in [0.4, 0.5) is 0 Å². The first-order valence-corrected chi connectivity index (χ1v) is 4.28. The van der Waals surface area contributed by atoms with Crippen molar-refractivity contribution in [3.63, 3.8) is 0 Å². The van der Waals surface area contributed by atoms with Gasteiger partial charge in [-0.2, -0.15) is 5.26 Å². The predicted molar refractivity (Wildman–Crippen MR) is 52.1 cm³/mol. The highest BCUT2D eigenvalue weighted by molar-refractivity contribution is 5.50. The van der Waals surface area contributed by atoms with Gasteiger partial charge in [-0.1, -0.05) is 0 Å². The molecule has 4 nitrogen and oxygen atoms in total. The molecule has 1 aromatic rings. The maximum Gasteiger partial charge on any atom is 0.137 e. The van der Waals surface area contributed by atoms with E-state index in [4.69, 9.17) is 5.26 Å². The number of nitrogens with one attached hydrogen (secondary N) is 1. The van der Waals surface area contributed by atoms with Crippen LogP contribution in [0.5, 0.6) is 11.5 Å². The second kappa shape index (κ2) is 4.49. The average molecular weight is 192 g/mol. The number of likely N-dealkylation sites (N-methyl/N-ethyl adjacent to an activating group) is 1. The first-order valence-electron chi connectivity index (χ1n) is 4.28. The maximum absolute atomic E-state index is 9.44. The highest BCUT2D eigenvalue weighted by Crippen LogP contribution is 2.26. The Morgan fingerprint density at radius 3 is 2.64 bits per heavy atom. The lowest BCUT2D eigenvalue weighted by molar-refractivity contribution is 0.444. The second-order valence-corrected chi connectivity index (χ2v) is 2.96. The fourth-order valence-electron chi connectivity index (χ4n) is 1.17. The van der Waals surface area contributed by atoms with E-state index < -0.39 is 0 Å². The highest BCUT2D eigenvalue weighted by Gasteiger charge is 2.07. The van der Waals surface area contributed by atoms with Crippen LogP contribution in [-0.2, 0) is 6.42 Å². The lowest BCUT2D eigenvalue weighted by atomic mass is 10.1. The predicted octanol–water partition coefficient (Wildman–Crippen LogP) is 0.731. The molecule has 0 unspecified atom stereocenters. The van der Waals surface area contributed by atoms with E-state index in [1.165, 1.54) is 12.1 Å². The molecule has 0 bridgehead atoms. The van der Waals surface area contributed by atoms with Crippen LogP contribution < -0.4 is 5.32 Å². The first kappa shape index (κ1) is 10.4. The summed E-state index contributed by atoms with van der Waals surface area (Å²) in [6.45, 7) is 0.712. The van der Waals surface area contributed by atoms with E-state index in [0.717, 1.165) is 0 Å². The molecule has 4 heteroatoms. The van der Waals surface area contributed by atoms with Gasteiger partial charge >= 0.3 is 0 Å². The molecule has 0 spiro atoms. The number of nitriles is 1. The minimum Gasteiger partial charge on any atom is -0.508 e. The second-order valence-electron chi connectivity index (χ2n) is 2.96. The van der Waals surface area contributed by atoms with Crippen LogP contribution in [0.1, 0.15) is 11.1 Å². The number of benzene rings is 1. The zero-order valence-electron chi connectivity index (χ0n) is 7.91. The Hall–Kier alpha value is -1.73. The van der Waals surface area contributed by atoms with Crippen molar-refractivity contribution in [3.8, 4) is 17.6 Å². The van der Waals surface area contributed by atoms with Gasteiger partial charge in [-0.3, -0.25) is 0 Å². The Balaban J connectivity index is 3.00. The van der Waals surface area contributed by atoms with Gasteiger partial charge < -0.3 is 15.5 Å². The van der Waals surface area contributed by atoms with Crippen LogP contribution in [0.3, 0.4) is 0 Å². The molecule has 1 rings (SSSR count). The van der Waals surface area contributed by atoms with Crippen molar-refractivity contribution >= 4 is 0 Å². The molecule has 14 heavy (non-hydrogen) atoms. The number of nitrogens with zero attached hydrogens (tertiary/aromatic N) is 1. The summed E-state index contributed by atoms with van der Waals surface area (Å²) in [7, 11) is 1.81. The van der Waals surface area contributed by atoms with Gasteiger partial charge in [-0.15, -0.1) is 0 Å². The van der Waals surface area contributed by atoms with E-state index in [-0.39, 0.29) is 17.1 Å². The normalized spacial score (nSPS) is 9.71. The van der Waals surface area contributed by atoms with Crippen molar-refractivity contribution in [1.29, 1.82) is 5.26 Å². The van der Waals surface area contributed by atoms with Crippen LogP contribution in [0.25, 0.3) is 0 Å². The molecule has 0 saturated carbocycles. The summed E-state index contributed by atoms with van der Waals surface area (Å²) in [6, 6.07) is 4.56. The molecule has 0 amide bonds. The number of hydrogen-bond donors (Lipinski definition) is 3. The van der Waals surface area contributed by atoms with Crippen LogP contribution in [0.15, 0.2) is 12.1 Å². The van der Waals surface area contributed by atoms with Crippen molar-refractivity contribution in [1.82, 2.24) is 5.32 Å². The molecule has 0 atom stereocenters. The Labute approximate surface area is 82.4 Å². The Morgan fingerprint density at radius 1 is 1.36 bits per heavy atom. The summed E-state index contributed by atoms with van der Waals surface area (Å²) in [5.74, 6) is -0.157. The van der Waals surface area contributed by atoms with E-state index >= 15 is 0 Å². The first-order chi connectivity index (χ1) is 6.69. The van der Waals surface area contributed by atoms with Crippen molar-refractivity contribution in [3.05, 3.63) is 23.3 Å². The number of rotatable bonds is 3. The van der Waals surface area contributed by atoms with Gasteiger partial charge in [0, 0.05) is 6.07 Å². The summed E-state index contributed by atoms with van der Waals surface area (Å²) >= 11 is 0. The van der Waals surface area contributed by atoms with Crippen molar-refractivity contribution in [2.75, 3.05) is 13.6 Å². The molecule has 0 saturated heterocycles. The van der Waals surface area contributed by atoms with Crippen molar-refractivity contribution < 1.29 is 10.2 Å². The molecule has 3 N–H and O–H groups in total. The van der Waals surface area contributed by atoms with Crippen LogP contribution in [0.2, 0.25) is 0 Å². The molecule has 0 aliphatic heterocycles. The minimum atomic E-state index is -0.182. The summed E-state index contributed by atoms with van der Waals surface area (Å²) in [5.41, 5.74) is 0.850. The molecule has 0 heterocycles. The smallest absolute Gasteiger partial charge is 0.137 e. The molecule has 0 fully saturated rings. The zero-order chi connectivity index (χ0) is 10.6. The van der Waals surface area contributed by atoms with Crippen LogP contribution in [-0.4, -0.2) is 23.8 Å². The Bertz CT molecular complexity index is 369. The summed E-state index contributed by atoms with van der Waals surface area (Å²) in [5, 5.41) is 30.3. The largest absolute Gasteiger partial charge is 0.508 e. The Kier molecular flexibility index (Phi) is 3.32. The molecule has 0 aliphatic rings. The van der Waals surface area contributed by atoms with Gasteiger partial charge in [-0.05, 0) is 31.6 Å². The van der Waals surface area contributed by atoms with E-state index in [1.807, 2.05) is 13.1 Å². The third-order valence-electron chi connectivity index (χ3n) is 1.96. The van der Waals surface area contributed by atoms with Crippen LogP contribution in [0, 0.1) is 11.3 Å². The van der Waals surface area contributed by atoms with Crippen molar-refractivity contribution in [2.45, 2.75) is 6.42 Å². The van der Waals surface area contributed by atoms with Gasteiger partial charge in [0.15, 0.2) is 0 Å². The Morgan fingerprint density at radius 2 is 2.07 bits per heavy atom. The summed E-state index contributed by atoms with van der Waals surface area (Å²) in [4.78, 5) is 0. The zero-order valence-corrected chi connectivity index (χ0v) is 7.91. The third-order valence-corrected chi connectivity index (χ3v) is 1.96. The molecule has 0 aliphatic carbocycles.